The second kappa shape index (κ2) is 6.95. The van der Waals surface area contributed by atoms with E-state index < -0.39 is 0 Å². The number of fused-ring (bicyclic) bond motifs is 3. The number of ether oxygens (including phenoxy) is 6. The van der Waals surface area contributed by atoms with Gasteiger partial charge in [-0.15, -0.1) is 22.7 Å². The summed E-state index contributed by atoms with van der Waals surface area (Å²) in [5, 5.41) is 0. The highest BCUT2D eigenvalue weighted by atomic mass is 32.2. The van der Waals surface area contributed by atoms with Crippen LogP contribution in [0.5, 0.6) is 23.0 Å². The van der Waals surface area contributed by atoms with E-state index in [1.165, 1.54) is 0 Å². The average molecular weight is 450 g/mol. The molecule has 0 aromatic carbocycles. The van der Waals surface area contributed by atoms with Crippen molar-refractivity contribution in [2.45, 2.75) is 6.10 Å². The molecule has 2 saturated heterocycles. The third-order valence-electron chi connectivity index (χ3n) is 4.90. The SMILES string of the molecule is C=c1s/c(=C2/S/C(=c3/sc(=C)c4c3OCCO4)C3OCCO[C]23)c2c1OCCO2. The van der Waals surface area contributed by atoms with Crippen molar-refractivity contribution in [1.29, 1.82) is 0 Å². The molecule has 0 N–H and O–H groups in total. The molecule has 6 heterocycles. The Bertz CT molecular complexity index is 1120. The van der Waals surface area contributed by atoms with E-state index in [-0.39, 0.29) is 6.10 Å². The number of hydrogen-bond donors (Lipinski definition) is 0. The van der Waals surface area contributed by atoms with Gasteiger partial charge < -0.3 is 28.4 Å². The zero-order chi connectivity index (χ0) is 19.5. The molecule has 1 atom stereocenters. The minimum absolute atomic E-state index is 0.271. The van der Waals surface area contributed by atoms with E-state index in [4.69, 9.17) is 28.4 Å². The Kier molecular flexibility index (Phi) is 4.35. The van der Waals surface area contributed by atoms with Crippen molar-refractivity contribution in [3.05, 3.63) is 24.2 Å². The van der Waals surface area contributed by atoms with Gasteiger partial charge in [-0.3, -0.25) is 0 Å². The monoisotopic (exact) mass is 449 g/mol. The molecule has 1 radical (unpaired) electrons. The van der Waals surface area contributed by atoms with Crippen molar-refractivity contribution in [1.82, 2.24) is 0 Å². The van der Waals surface area contributed by atoms with Crippen molar-refractivity contribution >= 4 is 57.4 Å². The fraction of sp³-hybridized carbons (Fsp3) is 0.350. The minimum Gasteiger partial charge on any atom is -0.485 e. The predicted octanol–water partition coefficient (Wildman–Crippen LogP) is 0.783. The van der Waals surface area contributed by atoms with Gasteiger partial charge in [0.15, 0.2) is 29.1 Å². The first-order valence-corrected chi connectivity index (χ1v) is 11.7. The third kappa shape index (κ3) is 2.75. The molecular weight excluding hydrogens is 432 g/mol. The number of thioether (sulfide) groups is 1. The molecule has 4 aliphatic heterocycles. The van der Waals surface area contributed by atoms with Crippen molar-refractivity contribution in [2.24, 2.45) is 0 Å². The fourth-order valence-corrected chi connectivity index (χ4v) is 7.23. The van der Waals surface area contributed by atoms with Gasteiger partial charge in [0.25, 0.3) is 0 Å². The Morgan fingerprint density at radius 3 is 1.90 bits per heavy atom. The molecule has 1 unspecified atom stereocenters. The smallest absolute Gasteiger partial charge is 0.180 e. The molecule has 2 aromatic rings. The topological polar surface area (TPSA) is 55.4 Å². The van der Waals surface area contributed by atoms with Crippen LogP contribution in [0, 0.1) is 6.10 Å². The highest BCUT2D eigenvalue weighted by molar-refractivity contribution is 8.16. The molecule has 0 amide bonds. The molecule has 2 fully saturated rings. The van der Waals surface area contributed by atoms with Crippen LogP contribution in [-0.2, 0) is 9.47 Å². The van der Waals surface area contributed by atoms with E-state index in [0.717, 1.165) is 57.0 Å². The molecule has 9 heteroatoms. The van der Waals surface area contributed by atoms with E-state index >= 15 is 0 Å². The van der Waals surface area contributed by atoms with Gasteiger partial charge in [-0.1, -0.05) is 24.9 Å². The lowest BCUT2D eigenvalue weighted by Gasteiger charge is -2.25. The zero-order valence-corrected chi connectivity index (χ0v) is 17.9. The summed E-state index contributed by atoms with van der Waals surface area (Å²) in [6.45, 7) is 11.4. The van der Waals surface area contributed by atoms with Gasteiger partial charge in [-0.05, 0) is 0 Å². The maximum atomic E-state index is 6.14. The molecule has 2 aromatic heterocycles. The lowest BCUT2D eigenvalue weighted by Crippen LogP contribution is -2.32. The van der Waals surface area contributed by atoms with Crippen LogP contribution in [0.4, 0.5) is 0 Å². The van der Waals surface area contributed by atoms with Crippen molar-refractivity contribution in [3.63, 3.8) is 0 Å². The summed E-state index contributed by atoms with van der Waals surface area (Å²) < 4.78 is 39.4. The summed E-state index contributed by atoms with van der Waals surface area (Å²) in [5.74, 6) is 2.98. The van der Waals surface area contributed by atoms with Crippen LogP contribution < -0.4 is 37.1 Å². The highest BCUT2D eigenvalue weighted by Crippen LogP contribution is 2.52. The molecule has 4 aliphatic rings. The standard InChI is InChI=1S/C20H17O6S3/c1-9-11-13(23-5-3-21-11)17(27-9)19-15-16(26-8-7-25-15)20(29-19)18-14-12(10(2)28-18)22-4-6-24-14/h15H,1-8H2/b19-17+,20-18+. The first-order chi connectivity index (χ1) is 14.2. The maximum absolute atomic E-state index is 6.14. The van der Waals surface area contributed by atoms with Crippen molar-refractivity contribution in [3.8, 4) is 23.0 Å². The second-order valence-electron chi connectivity index (χ2n) is 6.68. The maximum Gasteiger partial charge on any atom is 0.180 e. The molecule has 0 aliphatic carbocycles. The highest BCUT2D eigenvalue weighted by Gasteiger charge is 2.45. The quantitative estimate of drug-likeness (QED) is 0.589. The molecule has 0 saturated carbocycles. The minimum atomic E-state index is -0.271. The largest absolute Gasteiger partial charge is 0.485 e. The van der Waals surface area contributed by atoms with E-state index in [2.05, 4.69) is 13.2 Å². The van der Waals surface area contributed by atoms with Gasteiger partial charge >= 0.3 is 0 Å². The van der Waals surface area contributed by atoms with Crippen molar-refractivity contribution in [2.75, 3.05) is 39.6 Å². The predicted molar refractivity (Wildman–Crippen MR) is 114 cm³/mol. The van der Waals surface area contributed by atoms with E-state index in [1.54, 1.807) is 34.4 Å². The summed E-state index contributed by atoms with van der Waals surface area (Å²) in [6, 6.07) is 0. The second-order valence-corrected chi connectivity index (χ2v) is 9.94. The first kappa shape index (κ1) is 18.1. The Balaban J connectivity index is 1.60. The van der Waals surface area contributed by atoms with Crippen LogP contribution in [0.25, 0.3) is 23.0 Å². The summed E-state index contributed by atoms with van der Waals surface area (Å²) in [4.78, 5) is 2.04. The lowest BCUT2D eigenvalue weighted by molar-refractivity contribution is -0.0394. The summed E-state index contributed by atoms with van der Waals surface area (Å²) >= 11 is 4.76. The van der Waals surface area contributed by atoms with Crippen LogP contribution in [0.1, 0.15) is 0 Å². The number of rotatable bonds is 0. The Hall–Kier alpha value is -1.65. The Morgan fingerprint density at radius 2 is 1.21 bits per heavy atom. The van der Waals surface area contributed by atoms with Gasteiger partial charge in [0.1, 0.15) is 32.5 Å². The third-order valence-corrected chi connectivity index (χ3v) is 8.47. The van der Waals surface area contributed by atoms with E-state index in [9.17, 15) is 0 Å². The summed E-state index contributed by atoms with van der Waals surface area (Å²) in [5.41, 5.74) is 0. The molecule has 6 nitrogen and oxygen atoms in total. The van der Waals surface area contributed by atoms with E-state index in [0.29, 0.717) is 39.6 Å². The molecule has 6 rings (SSSR count). The van der Waals surface area contributed by atoms with Gasteiger partial charge in [0, 0.05) is 9.81 Å². The van der Waals surface area contributed by atoms with E-state index in [1.807, 2.05) is 0 Å². The molecule has 151 valence electrons. The van der Waals surface area contributed by atoms with Gasteiger partial charge in [-0.25, -0.2) is 0 Å². The van der Waals surface area contributed by atoms with Gasteiger partial charge in [-0.2, -0.15) is 0 Å². The van der Waals surface area contributed by atoms with Crippen LogP contribution in [0.3, 0.4) is 0 Å². The Morgan fingerprint density at radius 1 is 0.655 bits per heavy atom. The number of thiophene rings is 2. The molecular formula is C20H17O6S3. The van der Waals surface area contributed by atoms with Gasteiger partial charge in [0.05, 0.1) is 31.3 Å². The van der Waals surface area contributed by atoms with Gasteiger partial charge in [0.2, 0.25) is 0 Å². The fourth-order valence-electron chi connectivity index (χ4n) is 3.72. The average Bonchev–Trinajstić information content (AvgIpc) is 3.41. The lowest BCUT2D eigenvalue weighted by atomic mass is 10.1. The molecule has 0 bridgehead atoms. The molecule has 29 heavy (non-hydrogen) atoms. The summed E-state index contributed by atoms with van der Waals surface area (Å²) in [6.07, 6.45) is 0.547. The van der Waals surface area contributed by atoms with Crippen LogP contribution >= 0.6 is 34.4 Å². The molecule has 0 spiro atoms. The van der Waals surface area contributed by atoms with Crippen molar-refractivity contribution < 1.29 is 28.4 Å². The first-order valence-electron chi connectivity index (χ1n) is 9.25. The zero-order valence-electron chi connectivity index (χ0n) is 15.4. The normalized spacial score (nSPS) is 27.1. The number of hydrogen-bond acceptors (Lipinski definition) is 9. The Labute approximate surface area is 178 Å². The van der Waals surface area contributed by atoms with Crippen LogP contribution in [0.2, 0.25) is 0 Å². The van der Waals surface area contributed by atoms with Crippen LogP contribution in [0.15, 0.2) is 0 Å². The summed E-state index contributed by atoms with van der Waals surface area (Å²) in [7, 11) is 0. The van der Waals surface area contributed by atoms with Crippen LogP contribution in [-0.4, -0.2) is 45.7 Å².